The Balaban J connectivity index is 1.75. The summed E-state index contributed by atoms with van der Waals surface area (Å²) >= 11 is 6.08. The Kier molecular flexibility index (Phi) is 5.74. The van der Waals surface area contributed by atoms with Crippen molar-refractivity contribution < 1.29 is 13.2 Å². The summed E-state index contributed by atoms with van der Waals surface area (Å²) in [6.07, 6.45) is 2.40. The molecule has 3 N–H and O–H groups in total. The van der Waals surface area contributed by atoms with Gasteiger partial charge in [-0.25, -0.2) is 13.6 Å². The van der Waals surface area contributed by atoms with E-state index in [-0.39, 0.29) is 27.4 Å². The molecule has 0 aliphatic carbocycles. The molecular weight excluding hydrogens is 386 g/mol. The number of halogens is 1. The van der Waals surface area contributed by atoms with Crippen LogP contribution in [-0.4, -0.2) is 27.4 Å². The number of anilines is 1. The number of benzene rings is 2. The highest BCUT2D eigenvalue weighted by atomic mass is 35.5. The van der Waals surface area contributed by atoms with Crippen molar-refractivity contribution in [2.45, 2.75) is 30.7 Å². The SMILES string of the molecule is CC(NC(=O)c1ccc(S(N)(=O)=O)cc1Cl)c1cccc(N2CCCC2)c1. The fraction of sp³-hybridized carbons (Fsp3) is 0.316. The van der Waals surface area contributed by atoms with Crippen LogP contribution in [-0.2, 0) is 10.0 Å². The molecule has 1 aliphatic rings. The van der Waals surface area contributed by atoms with E-state index in [4.69, 9.17) is 16.7 Å². The third-order valence-electron chi connectivity index (χ3n) is 4.70. The molecule has 27 heavy (non-hydrogen) atoms. The molecule has 3 rings (SSSR count). The highest BCUT2D eigenvalue weighted by Gasteiger charge is 2.18. The largest absolute Gasteiger partial charge is 0.372 e. The van der Waals surface area contributed by atoms with Crippen LogP contribution in [0.2, 0.25) is 5.02 Å². The van der Waals surface area contributed by atoms with Crippen molar-refractivity contribution in [3.05, 3.63) is 58.6 Å². The number of nitrogens with one attached hydrogen (secondary N) is 1. The summed E-state index contributed by atoms with van der Waals surface area (Å²) in [7, 11) is -3.87. The topological polar surface area (TPSA) is 92.5 Å². The van der Waals surface area contributed by atoms with Crippen molar-refractivity contribution in [2.75, 3.05) is 18.0 Å². The van der Waals surface area contributed by atoms with Crippen LogP contribution in [0.3, 0.4) is 0 Å². The Hall–Kier alpha value is -2.09. The van der Waals surface area contributed by atoms with Crippen LogP contribution >= 0.6 is 11.6 Å². The maximum atomic E-state index is 12.6. The predicted octanol–water partition coefficient (Wildman–Crippen LogP) is 3.08. The van der Waals surface area contributed by atoms with Crippen LogP contribution in [0, 0.1) is 0 Å². The zero-order valence-corrected chi connectivity index (χ0v) is 16.6. The lowest BCUT2D eigenvalue weighted by molar-refractivity contribution is 0.0940. The van der Waals surface area contributed by atoms with E-state index in [0.29, 0.717) is 0 Å². The van der Waals surface area contributed by atoms with Gasteiger partial charge >= 0.3 is 0 Å². The van der Waals surface area contributed by atoms with Crippen molar-refractivity contribution in [1.82, 2.24) is 5.32 Å². The first-order valence-corrected chi connectivity index (χ1v) is 10.7. The second-order valence-electron chi connectivity index (χ2n) is 6.67. The lowest BCUT2D eigenvalue weighted by Crippen LogP contribution is -2.27. The minimum Gasteiger partial charge on any atom is -0.372 e. The third-order valence-corrected chi connectivity index (χ3v) is 5.93. The molecule has 1 fully saturated rings. The molecule has 1 amide bonds. The first kappa shape index (κ1) is 19.7. The van der Waals surface area contributed by atoms with Crippen LogP contribution in [0.25, 0.3) is 0 Å². The molecule has 2 aromatic carbocycles. The van der Waals surface area contributed by atoms with Gasteiger partial charge in [-0.3, -0.25) is 4.79 Å². The van der Waals surface area contributed by atoms with Gasteiger partial charge in [-0.05, 0) is 55.7 Å². The summed E-state index contributed by atoms with van der Waals surface area (Å²) in [4.78, 5) is 14.8. The van der Waals surface area contributed by atoms with Crippen LogP contribution in [0.15, 0.2) is 47.4 Å². The zero-order valence-electron chi connectivity index (χ0n) is 15.0. The van der Waals surface area contributed by atoms with E-state index >= 15 is 0 Å². The Morgan fingerprint density at radius 1 is 1.19 bits per heavy atom. The van der Waals surface area contributed by atoms with Gasteiger partial charge < -0.3 is 10.2 Å². The lowest BCUT2D eigenvalue weighted by atomic mass is 10.1. The van der Waals surface area contributed by atoms with Crippen LogP contribution < -0.4 is 15.4 Å². The maximum Gasteiger partial charge on any atom is 0.253 e. The van der Waals surface area contributed by atoms with Crippen LogP contribution in [0.4, 0.5) is 5.69 Å². The monoisotopic (exact) mass is 407 g/mol. The van der Waals surface area contributed by atoms with Gasteiger partial charge in [0, 0.05) is 18.8 Å². The van der Waals surface area contributed by atoms with E-state index in [1.54, 1.807) is 0 Å². The summed E-state index contributed by atoms with van der Waals surface area (Å²) < 4.78 is 22.8. The Labute approximate surface area is 164 Å². The van der Waals surface area contributed by atoms with Crippen molar-refractivity contribution in [2.24, 2.45) is 5.14 Å². The first-order chi connectivity index (χ1) is 12.8. The average Bonchev–Trinajstić information content (AvgIpc) is 3.15. The van der Waals surface area contributed by atoms with Gasteiger partial charge in [-0.1, -0.05) is 23.7 Å². The molecule has 1 saturated heterocycles. The molecular formula is C19H22ClN3O3S. The Morgan fingerprint density at radius 3 is 2.52 bits per heavy atom. The molecule has 0 saturated carbocycles. The maximum absolute atomic E-state index is 12.6. The number of hydrogen-bond donors (Lipinski definition) is 2. The van der Waals surface area contributed by atoms with Gasteiger partial charge in [0.1, 0.15) is 0 Å². The van der Waals surface area contributed by atoms with E-state index in [1.165, 1.54) is 31.0 Å². The second kappa shape index (κ2) is 7.88. The first-order valence-electron chi connectivity index (χ1n) is 8.74. The molecule has 6 nitrogen and oxygen atoms in total. The number of hydrogen-bond acceptors (Lipinski definition) is 4. The van der Waals surface area contributed by atoms with Crippen molar-refractivity contribution in [3.63, 3.8) is 0 Å². The summed E-state index contributed by atoms with van der Waals surface area (Å²) in [5.41, 5.74) is 2.35. The number of sulfonamides is 1. The number of primary sulfonamides is 1. The number of carbonyl (C=O) groups is 1. The fourth-order valence-electron chi connectivity index (χ4n) is 3.18. The summed E-state index contributed by atoms with van der Waals surface area (Å²) in [5.74, 6) is -0.375. The highest BCUT2D eigenvalue weighted by Crippen LogP contribution is 2.25. The van der Waals surface area contributed by atoms with E-state index < -0.39 is 10.0 Å². The van der Waals surface area contributed by atoms with Crippen LogP contribution in [0.5, 0.6) is 0 Å². The molecule has 1 atom stereocenters. The average molecular weight is 408 g/mol. The quantitative estimate of drug-likeness (QED) is 0.796. The van der Waals surface area contributed by atoms with Gasteiger partial charge in [-0.2, -0.15) is 0 Å². The van der Waals surface area contributed by atoms with Crippen molar-refractivity contribution >= 4 is 33.2 Å². The summed E-state index contributed by atoms with van der Waals surface area (Å²) in [6, 6.07) is 11.7. The number of nitrogens with zero attached hydrogens (tertiary/aromatic N) is 1. The predicted molar refractivity (Wildman–Crippen MR) is 107 cm³/mol. The molecule has 8 heteroatoms. The number of amides is 1. The van der Waals surface area contributed by atoms with Gasteiger partial charge in [0.2, 0.25) is 10.0 Å². The summed E-state index contributed by atoms with van der Waals surface area (Å²) in [5, 5.41) is 8.03. The van der Waals surface area contributed by atoms with Crippen molar-refractivity contribution in [1.29, 1.82) is 0 Å². The Bertz CT molecular complexity index is 956. The molecule has 1 heterocycles. The van der Waals surface area contributed by atoms with Gasteiger partial charge in [-0.15, -0.1) is 0 Å². The van der Waals surface area contributed by atoms with E-state index in [2.05, 4.69) is 22.3 Å². The van der Waals surface area contributed by atoms with E-state index in [0.717, 1.165) is 24.3 Å². The minimum absolute atomic E-state index is 0.0389. The fourth-order valence-corrected chi connectivity index (χ4v) is 4.05. The molecule has 144 valence electrons. The van der Waals surface area contributed by atoms with E-state index in [1.807, 2.05) is 19.1 Å². The number of carbonyl (C=O) groups excluding carboxylic acids is 1. The van der Waals surface area contributed by atoms with Gasteiger partial charge in [0.05, 0.1) is 21.5 Å². The Morgan fingerprint density at radius 2 is 1.89 bits per heavy atom. The molecule has 2 aromatic rings. The molecule has 0 aromatic heterocycles. The lowest BCUT2D eigenvalue weighted by Gasteiger charge is -2.21. The normalized spacial score (nSPS) is 15.6. The van der Waals surface area contributed by atoms with Gasteiger partial charge in [0.25, 0.3) is 5.91 Å². The van der Waals surface area contributed by atoms with E-state index in [9.17, 15) is 13.2 Å². The van der Waals surface area contributed by atoms with Crippen molar-refractivity contribution in [3.8, 4) is 0 Å². The zero-order chi connectivity index (χ0) is 19.6. The number of rotatable bonds is 5. The summed E-state index contributed by atoms with van der Waals surface area (Å²) in [6.45, 7) is 4.00. The van der Waals surface area contributed by atoms with Gasteiger partial charge in [0.15, 0.2) is 0 Å². The third kappa shape index (κ3) is 4.61. The second-order valence-corrected chi connectivity index (χ2v) is 8.64. The number of nitrogens with two attached hydrogens (primary N) is 1. The smallest absolute Gasteiger partial charge is 0.253 e. The molecule has 0 radical (unpaired) electrons. The highest BCUT2D eigenvalue weighted by molar-refractivity contribution is 7.89. The molecule has 0 spiro atoms. The minimum atomic E-state index is -3.87. The standard InChI is InChI=1S/C19H22ClN3O3S/c1-13(14-5-4-6-15(11-14)23-9-2-3-10-23)22-19(24)17-8-7-16(12-18(17)20)27(21,25)26/h4-8,11-13H,2-3,9-10H2,1H3,(H,22,24)(H2,21,25,26). The molecule has 1 aliphatic heterocycles. The molecule has 1 unspecified atom stereocenters. The molecule has 0 bridgehead atoms. The van der Waals surface area contributed by atoms with Crippen LogP contribution in [0.1, 0.15) is 41.7 Å².